The summed E-state index contributed by atoms with van der Waals surface area (Å²) in [5, 5.41) is 0. The minimum atomic E-state index is -0.0467. The van der Waals surface area contributed by atoms with Gasteiger partial charge in [-0.05, 0) is 43.4 Å². The lowest BCUT2D eigenvalue weighted by Crippen LogP contribution is -2.46. The summed E-state index contributed by atoms with van der Waals surface area (Å²) >= 11 is 0. The summed E-state index contributed by atoms with van der Waals surface area (Å²) in [4.78, 5) is 33.6. The van der Waals surface area contributed by atoms with Gasteiger partial charge in [-0.3, -0.25) is 9.59 Å². The number of aryl methyl sites for hydroxylation is 1. The molecule has 2 aromatic rings. The lowest BCUT2D eigenvalue weighted by Gasteiger charge is -2.34. The SMILES string of the molecule is Cn1cncc1-c1ccc(C(=O)N2CCCC(C(=O)N3CCCC3)C2)cc1. The van der Waals surface area contributed by atoms with Crippen LogP contribution in [0.4, 0.5) is 0 Å². The predicted octanol–water partition coefficient (Wildman–Crippen LogP) is 2.56. The van der Waals surface area contributed by atoms with E-state index in [4.69, 9.17) is 0 Å². The monoisotopic (exact) mass is 366 g/mol. The van der Waals surface area contributed by atoms with Gasteiger partial charge in [0.1, 0.15) is 0 Å². The van der Waals surface area contributed by atoms with E-state index < -0.39 is 0 Å². The summed E-state index contributed by atoms with van der Waals surface area (Å²) in [5.41, 5.74) is 2.73. The lowest BCUT2D eigenvalue weighted by atomic mass is 9.95. The molecule has 0 aliphatic carbocycles. The molecule has 0 N–H and O–H groups in total. The van der Waals surface area contributed by atoms with E-state index in [9.17, 15) is 9.59 Å². The third-order valence-electron chi connectivity index (χ3n) is 5.72. The van der Waals surface area contributed by atoms with Gasteiger partial charge in [-0.1, -0.05) is 12.1 Å². The predicted molar refractivity (Wildman–Crippen MR) is 103 cm³/mol. The highest BCUT2D eigenvalue weighted by Gasteiger charge is 2.32. The molecule has 3 heterocycles. The van der Waals surface area contributed by atoms with Crippen LogP contribution in [0, 0.1) is 5.92 Å². The zero-order chi connectivity index (χ0) is 18.8. The number of piperidine rings is 1. The Labute approximate surface area is 159 Å². The normalized spacial score (nSPS) is 20.1. The first-order valence-electron chi connectivity index (χ1n) is 9.78. The number of carbonyl (C=O) groups excluding carboxylic acids is 2. The molecule has 4 rings (SSSR count). The van der Waals surface area contributed by atoms with Crippen LogP contribution in [0.25, 0.3) is 11.3 Å². The zero-order valence-corrected chi connectivity index (χ0v) is 15.8. The molecule has 6 heteroatoms. The number of amides is 2. The summed E-state index contributed by atoms with van der Waals surface area (Å²) in [6.45, 7) is 3.02. The Bertz CT molecular complexity index is 821. The fourth-order valence-electron chi connectivity index (χ4n) is 4.16. The number of nitrogens with zero attached hydrogens (tertiary/aromatic N) is 4. The second-order valence-electron chi connectivity index (χ2n) is 7.59. The molecule has 1 unspecified atom stereocenters. The number of hydrogen-bond acceptors (Lipinski definition) is 3. The topological polar surface area (TPSA) is 58.4 Å². The van der Waals surface area contributed by atoms with Crippen molar-refractivity contribution in [2.45, 2.75) is 25.7 Å². The maximum atomic E-state index is 12.9. The van der Waals surface area contributed by atoms with Crippen molar-refractivity contribution in [3.8, 4) is 11.3 Å². The molecule has 1 atom stereocenters. The van der Waals surface area contributed by atoms with E-state index in [2.05, 4.69) is 4.98 Å². The second-order valence-corrected chi connectivity index (χ2v) is 7.59. The first kappa shape index (κ1) is 17.8. The molecular formula is C21H26N4O2. The van der Waals surface area contributed by atoms with Gasteiger partial charge in [0.2, 0.25) is 5.91 Å². The lowest BCUT2D eigenvalue weighted by molar-refractivity contribution is -0.135. The van der Waals surface area contributed by atoms with Gasteiger partial charge < -0.3 is 14.4 Å². The van der Waals surface area contributed by atoms with Crippen LogP contribution in [-0.2, 0) is 11.8 Å². The molecule has 0 bridgehead atoms. The summed E-state index contributed by atoms with van der Waals surface area (Å²) in [7, 11) is 1.95. The van der Waals surface area contributed by atoms with Crippen LogP contribution in [0.5, 0.6) is 0 Å². The molecule has 1 aromatic carbocycles. The second kappa shape index (κ2) is 7.55. The molecule has 142 valence electrons. The summed E-state index contributed by atoms with van der Waals surface area (Å²) in [5.74, 6) is 0.205. The standard InChI is InChI=1S/C21H26N4O2/c1-23-15-22-13-19(23)16-6-8-17(9-7-16)20(26)25-12-4-5-18(14-25)21(27)24-10-2-3-11-24/h6-9,13,15,18H,2-5,10-12,14H2,1H3. The number of rotatable bonds is 3. The molecule has 2 fully saturated rings. The van der Waals surface area contributed by atoms with Crippen molar-refractivity contribution in [2.24, 2.45) is 13.0 Å². The van der Waals surface area contributed by atoms with Gasteiger partial charge in [-0.15, -0.1) is 0 Å². The minimum Gasteiger partial charge on any atom is -0.342 e. The first-order chi connectivity index (χ1) is 13.1. The maximum absolute atomic E-state index is 12.9. The van der Waals surface area contributed by atoms with Gasteiger partial charge in [0.05, 0.1) is 24.1 Å². The van der Waals surface area contributed by atoms with Crippen LogP contribution in [0.1, 0.15) is 36.0 Å². The molecular weight excluding hydrogens is 340 g/mol. The van der Waals surface area contributed by atoms with E-state index in [0.29, 0.717) is 12.1 Å². The van der Waals surface area contributed by atoms with Crippen LogP contribution in [-0.4, -0.2) is 57.3 Å². The highest BCUT2D eigenvalue weighted by molar-refractivity contribution is 5.95. The number of hydrogen-bond donors (Lipinski definition) is 0. The van der Waals surface area contributed by atoms with Crippen molar-refractivity contribution in [3.05, 3.63) is 42.4 Å². The quantitative estimate of drug-likeness (QED) is 0.839. The smallest absolute Gasteiger partial charge is 0.253 e. The van der Waals surface area contributed by atoms with Gasteiger partial charge >= 0.3 is 0 Å². The first-order valence-corrected chi connectivity index (χ1v) is 9.78. The number of carbonyl (C=O) groups is 2. The summed E-state index contributed by atoms with van der Waals surface area (Å²) in [6, 6.07) is 7.66. The van der Waals surface area contributed by atoms with E-state index >= 15 is 0 Å². The maximum Gasteiger partial charge on any atom is 0.253 e. The van der Waals surface area contributed by atoms with Gasteiger partial charge in [0.25, 0.3) is 5.91 Å². The van der Waals surface area contributed by atoms with Crippen LogP contribution >= 0.6 is 0 Å². The molecule has 0 saturated carbocycles. The van der Waals surface area contributed by atoms with Gasteiger partial charge in [-0.2, -0.15) is 0 Å². The van der Waals surface area contributed by atoms with E-state index in [1.54, 1.807) is 6.33 Å². The molecule has 2 aliphatic heterocycles. The highest BCUT2D eigenvalue weighted by Crippen LogP contribution is 2.24. The molecule has 2 saturated heterocycles. The Morgan fingerprint density at radius 2 is 1.70 bits per heavy atom. The van der Waals surface area contributed by atoms with Crippen molar-refractivity contribution >= 4 is 11.8 Å². The van der Waals surface area contributed by atoms with Crippen LogP contribution < -0.4 is 0 Å². The van der Waals surface area contributed by atoms with E-state index in [0.717, 1.165) is 56.6 Å². The Morgan fingerprint density at radius 1 is 1.00 bits per heavy atom. The van der Waals surface area contributed by atoms with Crippen molar-refractivity contribution < 1.29 is 9.59 Å². The fourth-order valence-corrected chi connectivity index (χ4v) is 4.16. The third kappa shape index (κ3) is 3.61. The van der Waals surface area contributed by atoms with Crippen LogP contribution in [0.15, 0.2) is 36.8 Å². The van der Waals surface area contributed by atoms with E-state index in [1.165, 1.54) is 0 Å². The molecule has 6 nitrogen and oxygen atoms in total. The summed E-state index contributed by atoms with van der Waals surface area (Å²) < 4.78 is 1.95. The molecule has 2 aliphatic rings. The zero-order valence-electron chi connectivity index (χ0n) is 15.8. The summed E-state index contributed by atoms with van der Waals surface area (Å²) in [6.07, 6.45) is 7.56. The third-order valence-corrected chi connectivity index (χ3v) is 5.72. The molecule has 0 spiro atoms. The van der Waals surface area contributed by atoms with E-state index in [1.807, 2.05) is 51.9 Å². The number of imidazole rings is 1. The van der Waals surface area contributed by atoms with Crippen molar-refractivity contribution in [3.63, 3.8) is 0 Å². The van der Waals surface area contributed by atoms with Gasteiger partial charge in [0, 0.05) is 38.8 Å². The Morgan fingerprint density at radius 3 is 2.37 bits per heavy atom. The van der Waals surface area contributed by atoms with Crippen molar-refractivity contribution in [1.29, 1.82) is 0 Å². The fraction of sp³-hybridized carbons (Fsp3) is 0.476. The molecule has 27 heavy (non-hydrogen) atoms. The van der Waals surface area contributed by atoms with Gasteiger partial charge in [0.15, 0.2) is 0 Å². The van der Waals surface area contributed by atoms with E-state index in [-0.39, 0.29) is 17.7 Å². The number of likely N-dealkylation sites (tertiary alicyclic amines) is 2. The highest BCUT2D eigenvalue weighted by atomic mass is 16.2. The van der Waals surface area contributed by atoms with Gasteiger partial charge in [-0.25, -0.2) is 4.98 Å². The molecule has 0 radical (unpaired) electrons. The van der Waals surface area contributed by atoms with Crippen LogP contribution in [0.3, 0.4) is 0 Å². The average Bonchev–Trinajstić information content (AvgIpc) is 3.39. The van der Waals surface area contributed by atoms with Crippen molar-refractivity contribution in [1.82, 2.24) is 19.4 Å². The van der Waals surface area contributed by atoms with Crippen LogP contribution in [0.2, 0.25) is 0 Å². The molecule has 2 amide bonds. The number of benzene rings is 1. The van der Waals surface area contributed by atoms with Crippen molar-refractivity contribution in [2.75, 3.05) is 26.2 Å². The Kier molecular flexibility index (Phi) is 4.97. The largest absolute Gasteiger partial charge is 0.342 e. The Balaban J connectivity index is 1.44. The molecule has 1 aromatic heterocycles. The minimum absolute atomic E-state index is 0.0190. The Hall–Kier alpha value is -2.63. The average molecular weight is 366 g/mol. The number of aromatic nitrogens is 2.